The van der Waals surface area contributed by atoms with Crippen LogP contribution in [0.25, 0.3) is 0 Å². The third kappa shape index (κ3) is 3.42. The number of amides is 1. The molecule has 0 aliphatic carbocycles. The zero-order valence-corrected chi connectivity index (χ0v) is 12.2. The minimum absolute atomic E-state index is 0.0660. The van der Waals surface area contributed by atoms with Gasteiger partial charge in [0.15, 0.2) is 0 Å². The molecule has 1 saturated heterocycles. The van der Waals surface area contributed by atoms with E-state index < -0.39 is 11.0 Å². The van der Waals surface area contributed by atoms with Crippen LogP contribution in [0.2, 0.25) is 0 Å². The highest BCUT2D eigenvalue weighted by Crippen LogP contribution is 2.21. The van der Waals surface area contributed by atoms with Crippen LogP contribution in [-0.4, -0.2) is 34.6 Å². The van der Waals surface area contributed by atoms with Crippen molar-refractivity contribution >= 4 is 16.9 Å². The van der Waals surface area contributed by atoms with Gasteiger partial charge in [-0.1, -0.05) is 17.7 Å². The first-order valence-electron chi connectivity index (χ1n) is 6.57. The van der Waals surface area contributed by atoms with Gasteiger partial charge in [-0.2, -0.15) is 0 Å². The molecule has 1 aliphatic heterocycles. The quantitative estimate of drug-likeness (QED) is 0.911. The Hall–Kier alpha value is -1.20. The first-order valence-corrected chi connectivity index (χ1v) is 7.67. The van der Waals surface area contributed by atoms with Gasteiger partial charge in [0.05, 0.1) is 4.90 Å². The van der Waals surface area contributed by atoms with E-state index in [1.807, 2.05) is 35.5 Å². The van der Waals surface area contributed by atoms with Gasteiger partial charge in [-0.15, -0.1) is 0 Å². The number of nitrogens with one attached hydrogen (secondary N) is 1. The van der Waals surface area contributed by atoms with Crippen LogP contribution >= 0.6 is 0 Å². The maximum Gasteiger partial charge on any atom is 0.222 e. The molecule has 2 rings (SSSR count). The molecule has 1 N–H and O–H groups in total. The molecular weight excluding hydrogens is 260 g/mol. The summed E-state index contributed by atoms with van der Waals surface area (Å²) in [6.45, 7) is 3.43. The van der Waals surface area contributed by atoms with Gasteiger partial charge in [-0.3, -0.25) is 4.79 Å². The fourth-order valence-corrected chi connectivity index (χ4v) is 3.50. The summed E-state index contributed by atoms with van der Waals surface area (Å²) in [5.41, 5.74) is 1.17. The first kappa shape index (κ1) is 14.2. The van der Waals surface area contributed by atoms with Gasteiger partial charge in [0.2, 0.25) is 5.91 Å². The van der Waals surface area contributed by atoms with Gasteiger partial charge in [-0.25, -0.2) is 8.51 Å². The zero-order chi connectivity index (χ0) is 13.8. The Balaban J connectivity index is 1.96. The predicted molar refractivity (Wildman–Crippen MR) is 76.0 cm³/mol. The lowest BCUT2D eigenvalue weighted by atomic mass is 9.97. The molecule has 1 aromatic rings. The smallest absolute Gasteiger partial charge is 0.222 e. The zero-order valence-electron chi connectivity index (χ0n) is 11.4. The average Bonchev–Trinajstić information content (AvgIpc) is 2.46. The molecule has 5 heteroatoms. The molecule has 1 aliphatic rings. The Morgan fingerprint density at radius 2 is 1.84 bits per heavy atom. The molecule has 0 spiro atoms. The molecule has 1 fully saturated rings. The van der Waals surface area contributed by atoms with Crippen molar-refractivity contribution < 1.29 is 9.00 Å². The average molecular weight is 280 g/mol. The lowest BCUT2D eigenvalue weighted by molar-refractivity contribution is -0.125. The molecule has 1 unspecified atom stereocenters. The van der Waals surface area contributed by atoms with Crippen molar-refractivity contribution in [2.45, 2.75) is 24.7 Å². The van der Waals surface area contributed by atoms with Crippen molar-refractivity contribution in [2.24, 2.45) is 5.92 Å². The Morgan fingerprint density at radius 3 is 2.37 bits per heavy atom. The molecular formula is C14H20N2O2S. The maximum absolute atomic E-state index is 12.4. The molecule has 0 saturated carbocycles. The van der Waals surface area contributed by atoms with Crippen molar-refractivity contribution in [1.82, 2.24) is 9.62 Å². The molecule has 4 nitrogen and oxygen atoms in total. The fourth-order valence-electron chi connectivity index (χ4n) is 2.29. The summed E-state index contributed by atoms with van der Waals surface area (Å²) in [7, 11) is 0.559. The Labute approximate surface area is 116 Å². The summed E-state index contributed by atoms with van der Waals surface area (Å²) < 4.78 is 14.3. The third-order valence-electron chi connectivity index (χ3n) is 3.53. The van der Waals surface area contributed by atoms with Crippen molar-refractivity contribution in [1.29, 1.82) is 0 Å². The van der Waals surface area contributed by atoms with E-state index in [-0.39, 0.29) is 11.8 Å². The van der Waals surface area contributed by atoms with E-state index in [4.69, 9.17) is 0 Å². The Morgan fingerprint density at radius 1 is 1.26 bits per heavy atom. The Kier molecular flexibility index (Phi) is 4.71. The largest absolute Gasteiger partial charge is 0.359 e. The summed E-state index contributed by atoms with van der Waals surface area (Å²) >= 11 is 0. The molecule has 19 heavy (non-hydrogen) atoms. The number of carbonyl (C=O) groups is 1. The van der Waals surface area contributed by atoms with E-state index >= 15 is 0 Å². The van der Waals surface area contributed by atoms with E-state index in [0.717, 1.165) is 17.7 Å². The van der Waals surface area contributed by atoms with Gasteiger partial charge in [0.25, 0.3) is 0 Å². The van der Waals surface area contributed by atoms with Crippen LogP contribution in [0, 0.1) is 12.8 Å². The van der Waals surface area contributed by atoms with Gasteiger partial charge in [-0.05, 0) is 31.9 Å². The number of hydrogen-bond donors (Lipinski definition) is 1. The number of nitrogens with zero attached hydrogens (tertiary/aromatic N) is 1. The van der Waals surface area contributed by atoms with E-state index in [1.54, 1.807) is 7.05 Å². The standard InChI is InChI=1S/C14H20N2O2S/c1-11-3-5-13(6-4-11)19(18)16-9-7-12(8-10-16)14(17)15-2/h3-6,12H,7-10H2,1-2H3,(H,15,17). The number of hydrogen-bond acceptors (Lipinski definition) is 2. The lowest BCUT2D eigenvalue weighted by Crippen LogP contribution is -2.40. The molecule has 1 atom stereocenters. The van der Waals surface area contributed by atoms with E-state index in [9.17, 15) is 9.00 Å². The van der Waals surface area contributed by atoms with Gasteiger partial charge in [0.1, 0.15) is 11.0 Å². The van der Waals surface area contributed by atoms with E-state index in [2.05, 4.69) is 5.32 Å². The summed E-state index contributed by atoms with van der Waals surface area (Å²) in [6, 6.07) is 7.78. The monoisotopic (exact) mass is 280 g/mol. The summed E-state index contributed by atoms with van der Waals surface area (Å²) in [5.74, 6) is 0.164. The SMILES string of the molecule is CNC(=O)C1CCN(S(=O)c2ccc(C)cc2)CC1. The molecule has 1 amide bonds. The summed E-state index contributed by atoms with van der Waals surface area (Å²) in [6.07, 6.45) is 1.55. The van der Waals surface area contributed by atoms with E-state index in [1.165, 1.54) is 5.56 Å². The molecule has 0 aromatic heterocycles. The second-order valence-corrected chi connectivity index (χ2v) is 6.37. The number of rotatable bonds is 3. The number of benzene rings is 1. The number of carbonyl (C=O) groups excluding carboxylic acids is 1. The van der Waals surface area contributed by atoms with Crippen LogP contribution in [-0.2, 0) is 15.8 Å². The third-order valence-corrected chi connectivity index (χ3v) is 5.04. The summed E-state index contributed by atoms with van der Waals surface area (Å²) in [4.78, 5) is 12.4. The number of piperidine rings is 1. The minimum atomic E-state index is -1.11. The van der Waals surface area contributed by atoms with Crippen LogP contribution in [0.3, 0.4) is 0 Å². The minimum Gasteiger partial charge on any atom is -0.359 e. The van der Waals surface area contributed by atoms with Crippen molar-refractivity contribution in [2.75, 3.05) is 20.1 Å². The molecule has 1 aromatic carbocycles. The van der Waals surface area contributed by atoms with Crippen LogP contribution in [0.4, 0.5) is 0 Å². The highest BCUT2D eigenvalue weighted by Gasteiger charge is 2.27. The van der Waals surface area contributed by atoms with Crippen LogP contribution in [0.15, 0.2) is 29.2 Å². The summed E-state index contributed by atoms with van der Waals surface area (Å²) in [5, 5.41) is 2.68. The highest BCUT2D eigenvalue weighted by molar-refractivity contribution is 7.82. The van der Waals surface area contributed by atoms with Crippen molar-refractivity contribution in [3.8, 4) is 0 Å². The second-order valence-electron chi connectivity index (χ2n) is 4.88. The van der Waals surface area contributed by atoms with Gasteiger partial charge in [0, 0.05) is 26.1 Å². The highest BCUT2D eigenvalue weighted by atomic mass is 32.2. The first-order chi connectivity index (χ1) is 9.11. The molecule has 0 bridgehead atoms. The molecule has 1 heterocycles. The molecule has 104 valence electrons. The second kappa shape index (κ2) is 6.30. The number of aryl methyl sites for hydroxylation is 1. The molecule has 0 radical (unpaired) electrons. The normalized spacial score (nSPS) is 19.1. The van der Waals surface area contributed by atoms with Crippen molar-refractivity contribution in [3.05, 3.63) is 29.8 Å². The topological polar surface area (TPSA) is 49.4 Å². The maximum atomic E-state index is 12.4. The fraction of sp³-hybridized carbons (Fsp3) is 0.500. The van der Waals surface area contributed by atoms with Crippen LogP contribution in [0.5, 0.6) is 0 Å². The Bertz CT molecular complexity index is 465. The van der Waals surface area contributed by atoms with Gasteiger partial charge >= 0.3 is 0 Å². The predicted octanol–water partition coefficient (Wildman–Crippen LogP) is 1.48. The van der Waals surface area contributed by atoms with Gasteiger partial charge < -0.3 is 5.32 Å². The van der Waals surface area contributed by atoms with Crippen LogP contribution < -0.4 is 5.32 Å². The van der Waals surface area contributed by atoms with Crippen LogP contribution in [0.1, 0.15) is 18.4 Å². The van der Waals surface area contributed by atoms with E-state index in [0.29, 0.717) is 13.1 Å². The van der Waals surface area contributed by atoms with Crippen molar-refractivity contribution in [3.63, 3.8) is 0 Å². The lowest BCUT2D eigenvalue weighted by Gasteiger charge is -2.29.